The van der Waals surface area contributed by atoms with Gasteiger partial charge in [0.15, 0.2) is 10.7 Å². The van der Waals surface area contributed by atoms with Gasteiger partial charge in [0, 0.05) is 18.0 Å². The van der Waals surface area contributed by atoms with Crippen molar-refractivity contribution in [2.75, 3.05) is 6.61 Å². The average molecular weight is 284 g/mol. The van der Waals surface area contributed by atoms with Crippen molar-refractivity contribution in [3.63, 3.8) is 0 Å². The monoisotopic (exact) mass is 284 g/mol. The number of carboxylic acids is 1. The van der Waals surface area contributed by atoms with Crippen LogP contribution in [0.25, 0.3) is 0 Å². The Labute approximate surface area is 114 Å². The number of rotatable bonds is 3. The number of thiazole rings is 1. The van der Waals surface area contributed by atoms with Crippen LogP contribution in [0.1, 0.15) is 47.0 Å². The number of aromatic nitrogens is 1. The van der Waals surface area contributed by atoms with E-state index in [4.69, 9.17) is 9.84 Å². The maximum atomic E-state index is 12.0. The SMILES string of the molecule is CC1(C)CC(NC(=O)c2nc(C(=O)O)cs2)CCO1. The molecule has 1 amide bonds. The van der Waals surface area contributed by atoms with E-state index in [0.29, 0.717) is 6.61 Å². The zero-order chi connectivity index (χ0) is 14.0. The lowest BCUT2D eigenvalue weighted by Gasteiger charge is -2.35. The third-order valence-corrected chi connectivity index (χ3v) is 3.79. The van der Waals surface area contributed by atoms with Gasteiger partial charge in [-0.1, -0.05) is 0 Å². The summed E-state index contributed by atoms with van der Waals surface area (Å²) in [5, 5.41) is 13.2. The molecule has 2 heterocycles. The zero-order valence-electron chi connectivity index (χ0n) is 10.8. The maximum absolute atomic E-state index is 12.0. The molecule has 0 spiro atoms. The van der Waals surface area contributed by atoms with E-state index in [0.717, 1.165) is 24.2 Å². The lowest BCUT2D eigenvalue weighted by molar-refractivity contribution is -0.0615. The first-order chi connectivity index (χ1) is 8.87. The molecule has 1 fully saturated rings. The van der Waals surface area contributed by atoms with E-state index in [2.05, 4.69) is 10.3 Å². The van der Waals surface area contributed by atoms with Crippen molar-refractivity contribution < 1.29 is 19.4 Å². The van der Waals surface area contributed by atoms with Crippen LogP contribution in [0, 0.1) is 0 Å². The first-order valence-corrected chi connectivity index (χ1v) is 6.89. The summed E-state index contributed by atoms with van der Waals surface area (Å²) in [7, 11) is 0. The molecule has 1 aromatic rings. The van der Waals surface area contributed by atoms with Crippen molar-refractivity contribution in [2.45, 2.75) is 38.3 Å². The van der Waals surface area contributed by atoms with Gasteiger partial charge < -0.3 is 15.2 Å². The van der Waals surface area contributed by atoms with Crippen LogP contribution in [0.5, 0.6) is 0 Å². The molecule has 0 bridgehead atoms. The molecule has 1 unspecified atom stereocenters. The molecule has 0 radical (unpaired) electrons. The van der Waals surface area contributed by atoms with Gasteiger partial charge in [0.1, 0.15) is 0 Å². The number of carbonyl (C=O) groups excluding carboxylic acids is 1. The third kappa shape index (κ3) is 3.51. The first kappa shape index (κ1) is 14.0. The van der Waals surface area contributed by atoms with E-state index in [9.17, 15) is 9.59 Å². The molecule has 104 valence electrons. The van der Waals surface area contributed by atoms with E-state index in [-0.39, 0.29) is 28.3 Å². The van der Waals surface area contributed by atoms with Gasteiger partial charge in [-0.05, 0) is 26.7 Å². The normalized spacial score (nSPS) is 21.9. The lowest BCUT2D eigenvalue weighted by atomic mass is 9.94. The standard InChI is InChI=1S/C12H16N2O4S/c1-12(2)5-7(3-4-18-12)13-9(15)10-14-8(6-19-10)11(16)17/h6-7H,3-5H2,1-2H3,(H,13,15)(H,16,17). The van der Waals surface area contributed by atoms with E-state index in [1.54, 1.807) is 0 Å². The Morgan fingerprint density at radius 1 is 1.58 bits per heavy atom. The average Bonchev–Trinajstić information content (AvgIpc) is 2.76. The summed E-state index contributed by atoms with van der Waals surface area (Å²) < 4.78 is 5.58. The number of nitrogens with zero attached hydrogens (tertiary/aromatic N) is 1. The molecule has 0 aliphatic carbocycles. The highest BCUT2D eigenvalue weighted by Crippen LogP contribution is 2.24. The molecule has 2 N–H and O–H groups in total. The highest BCUT2D eigenvalue weighted by atomic mass is 32.1. The Balaban J connectivity index is 1.98. The smallest absolute Gasteiger partial charge is 0.355 e. The molecule has 0 aromatic carbocycles. The van der Waals surface area contributed by atoms with Crippen molar-refractivity contribution >= 4 is 23.2 Å². The zero-order valence-corrected chi connectivity index (χ0v) is 11.6. The Kier molecular flexibility index (Phi) is 3.86. The van der Waals surface area contributed by atoms with Gasteiger partial charge in [0.25, 0.3) is 5.91 Å². The van der Waals surface area contributed by atoms with E-state index in [1.807, 2.05) is 13.8 Å². The largest absolute Gasteiger partial charge is 0.476 e. The van der Waals surface area contributed by atoms with Crippen LogP contribution in [-0.2, 0) is 4.74 Å². The van der Waals surface area contributed by atoms with Crippen molar-refractivity contribution in [3.8, 4) is 0 Å². The Hall–Kier alpha value is -1.47. The fraction of sp³-hybridized carbons (Fsp3) is 0.583. The van der Waals surface area contributed by atoms with Crippen LogP contribution < -0.4 is 5.32 Å². The van der Waals surface area contributed by atoms with E-state index in [1.165, 1.54) is 5.38 Å². The van der Waals surface area contributed by atoms with Gasteiger partial charge in [-0.3, -0.25) is 4.79 Å². The van der Waals surface area contributed by atoms with Gasteiger partial charge >= 0.3 is 5.97 Å². The van der Waals surface area contributed by atoms with Crippen LogP contribution in [-0.4, -0.2) is 40.2 Å². The minimum atomic E-state index is -1.12. The number of nitrogens with one attached hydrogen (secondary N) is 1. The van der Waals surface area contributed by atoms with Crippen LogP contribution in [0.15, 0.2) is 5.38 Å². The predicted octanol–water partition coefficient (Wildman–Crippen LogP) is 1.53. The predicted molar refractivity (Wildman–Crippen MR) is 69.6 cm³/mol. The molecule has 0 saturated carbocycles. The molecule has 1 saturated heterocycles. The van der Waals surface area contributed by atoms with E-state index < -0.39 is 5.97 Å². The van der Waals surface area contributed by atoms with Crippen LogP contribution in [0.2, 0.25) is 0 Å². The minimum absolute atomic E-state index is 0.0356. The fourth-order valence-corrected chi connectivity index (χ4v) is 2.77. The summed E-state index contributed by atoms with van der Waals surface area (Å²) in [5.41, 5.74) is -0.340. The number of carbonyl (C=O) groups is 2. The molecule has 19 heavy (non-hydrogen) atoms. The number of hydrogen-bond donors (Lipinski definition) is 2. The minimum Gasteiger partial charge on any atom is -0.476 e. The molecule has 6 nitrogen and oxygen atoms in total. The summed E-state index contributed by atoms with van der Waals surface area (Å²) >= 11 is 1.04. The number of ether oxygens (including phenoxy) is 1. The summed E-state index contributed by atoms with van der Waals surface area (Å²) in [6.45, 7) is 4.57. The molecule has 2 rings (SSSR count). The summed E-state index contributed by atoms with van der Waals surface area (Å²) in [6, 6.07) is 0.0356. The first-order valence-electron chi connectivity index (χ1n) is 6.01. The second kappa shape index (κ2) is 5.26. The maximum Gasteiger partial charge on any atom is 0.355 e. The number of aromatic carboxylic acids is 1. The van der Waals surface area contributed by atoms with Crippen LogP contribution in [0.3, 0.4) is 0 Å². The van der Waals surface area contributed by atoms with Crippen LogP contribution >= 0.6 is 11.3 Å². The Morgan fingerprint density at radius 3 is 2.89 bits per heavy atom. The van der Waals surface area contributed by atoms with Crippen LogP contribution in [0.4, 0.5) is 0 Å². The molecule has 1 aliphatic rings. The fourth-order valence-electron chi connectivity index (χ4n) is 2.08. The second-order valence-corrected chi connectivity index (χ2v) is 5.97. The molecular formula is C12H16N2O4S. The summed E-state index contributed by atoms with van der Waals surface area (Å²) in [5.74, 6) is -1.44. The van der Waals surface area contributed by atoms with Gasteiger partial charge in [0.2, 0.25) is 0 Å². The Morgan fingerprint density at radius 2 is 2.32 bits per heavy atom. The van der Waals surface area contributed by atoms with E-state index >= 15 is 0 Å². The van der Waals surface area contributed by atoms with Crippen molar-refractivity contribution in [3.05, 3.63) is 16.1 Å². The Bertz CT molecular complexity index is 498. The quantitative estimate of drug-likeness (QED) is 0.878. The third-order valence-electron chi connectivity index (χ3n) is 2.95. The van der Waals surface area contributed by atoms with Crippen molar-refractivity contribution in [1.29, 1.82) is 0 Å². The van der Waals surface area contributed by atoms with Crippen molar-refractivity contribution in [1.82, 2.24) is 10.3 Å². The molecule has 7 heteroatoms. The van der Waals surface area contributed by atoms with Crippen molar-refractivity contribution in [2.24, 2.45) is 0 Å². The van der Waals surface area contributed by atoms with Gasteiger partial charge in [-0.25, -0.2) is 9.78 Å². The summed E-state index contributed by atoms with van der Waals surface area (Å²) in [4.78, 5) is 26.5. The van der Waals surface area contributed by atoms with Gasteiger partial charge in [-0.15, -0.1) is 11.3 Å². The topological polar surface area (TPSA) is 88.5 Å². The second-order valence-electron chi connectivity index (χ2n) is 5.11. The molecule has 1 atom stereocenters. The molecule has 1 aliphatic heterocycles. The highest BCUT2D eigenvalue weighted by molar-refractivity contribution is 7.11. The summed E-state index contributed by atoms with van der Waals surface area (Å²) in [6.07, 6.45) is 1.49. The van der Waals surface area contributed by atoms with Gasteiger partial charge in [0.05, 0.1) is 5.60 Å². The molecular weight excluding hydrogens is 268 g/mol. The van der Waals surface area contributed by atoms with Gasteiger partial charge in [-0.2, -0.15) is 0 Å². The molecule has 1 aromatic heterocycles. The number of hydrogen-bond acceptors (Lipinski definition) is 5. The number of amides is 1. The highest BCUT2D eigenvalue weighted by Gasteiger charge is 2.30. The number of carboxylic acid groups (broad SMARTS) is 1. The lowest BCUT2D eigenvalue weighted by Crippen LogP contribution is -2.45.